The van der Waals surface area contributed by atoms with E-state index in [1.54, 1.807) is 12.4 Å². The minimum Gasteiger partial charge on any atom is -0.481 e. The second kappa shape index (κ2) is 5.28. The molecule has 0 amide bonds. The monoisotopic (exact) mass is 339 g/mol. The van der Waals surface area contributed by atoms with Crippen LogP contribution in [0.3, 0.4) is 0 Å². The average Bonchev–Trinajstić information content (AvgIpc) is 3.03. The maximum Gasteiger partial charge on any atom is 0.303 e. The summed E-state index contributed by atoms with van der Waals surface area (Å²) in [5.74, 6) is 2.55. The molecule has 0 radical (unpaired) electrons. The number of piperidine rings is 1. The Morgan fingerprint density at radius 2 is 2.04 bits per heavy atom. The standard InChI is InChI=1S/C18H21N5O2/c1-10-2-5-23(10)18-17-14(19-3-4-20-17)7-15(21-18)22-8-12-11(6-16(24)25)13(12)9-22/h3-4,7,10-13H,2,5-6,8-9H2,1H3,(H,24,25)/t10?,11?,12-,13+. The first kappa shape index (κ1) is 14.9. The number of carbonyl (C=O) groups is 1. The number of rotatable bonds is 4. The van der Waals surface area contributed by atoms with Crippen molar-refractivity contribution < 1.29 is 9.90 Å². The van der Waals surface area contributed by atoms with Gasteiger partial charge in [-0.2, -0.15) is 0 Å². The maximum atomic E-state index is 10.9. The van der Waals surface area contributed by atoms with Gasteiger partial charge in [-0.05, 0) is 31.1 Å². The van der Waals surface area contributed by atoms with Crippen LogP contribution < -0.4 is 9.80 Å². The summed E-state index contributed by atoms with van der Waals surface area (Å²) >= 11 is 0. The van der Waals surface area contributed by atoms with Crippen LogP contribution in [0.2, 0.25) is 0 Å². The SMILES string of the molecule is CC1CCN1c1nc(N2C[C@@H]3C(CC(=O)O)[C@@H]3C2)cc2nccnc12. The van der Waals surface area contributed by atoms with Crippen LogP contribution in [0.4, 0.5) is 11.6 Å². The number of fused-ring (bicyclic) bond motifs is 2. The van der Waals surface area contributed by atoms with Crippen LogP contribution in [0.25, 0.3) is 11.0 Å². The Kier molecular flexibility index (Phi) is 3.14. The van der Waals surface area contributed by atoms with Crippen molar-refractivity contribution in [1.29, 1.82) is 0 Å². The van der Waals surface area contributed by atoms with Crippen LogP contribution in [0.5, 0.6) is 0 Å². The van der Waals surface area contributed by atoms with Crippen LogP contribution in [0.15, 0.2) is 18.5 Å². The molecule has 25 heavy (non-hydrogen) atoms. The summed E-state index contributed by atoms with van der Waals surface area (Å²) in [6.45, 7) is 5.02. The number of anilines is 2. The summed E-state index contributed by atoms with van der Waals surface area (Å²) < 4.78 is 0. The molecule has 2 unspecified atom stereocenters. The first-order valence-electron chi connectivity index (χ1n) is 8.97. The Morgan fingerprint density at radius 1 is 1.28 bits per heavy atom. The Morgan fingerprint density at radius 3 is 2.68 bits per heavy atom. The summed E-state index contributed by atoms with van der Waals surface area (Å²) in [5, 5.41) is 8.99. The highest BCUT2D eigenvalue weighted by atomic mass is 16.4. The molecule has 2 aliphatic heterocycles. The second-order valence-corrected chi connectivity index (χ2v) is 7.55. The number of hydrogen-bond acceptors (Lipinski definition) is 6. The van der Waals surface area contributed by atoms with Crippen molar-refractivity contribution in [1.82, 2.24) is 15.0 Å². The smallest absolute Gasteiger partial charge is 0.303 e. The summed E-state index contributed by atoms with van der Waals surface area (Å²) in [4.78, 5) is 29.4. The van der Waals surface area contributed by atoms with Crippen molar-refractivity contribution in [3.05, 3.63) is 18.5 Å². The number of carboxylic acids is 1. The third kappa shape index (κ3) is 2.33. The molecule has 2 aromatic rings. The molecular weight excluding hydrogens is 318 g/mol. The predicted octanol–water partition coefficient (Wildman–Crippen LogP) is 1.78. The zero-order chi connectivity index (χ0) is 17.1. The largest absolute Gasteiger partial charge is 0.481 e. The summed E-state index contributed by atoms with van der Waals surface area (Å²) in [6.07, 6.45) is 4.92. The van der Waals surface area contributed by atoms with E-state index in [9.17, 15) is 4.79 Å². The van der Waals surface area contributed by atoms with Gasteiger partial charge in [0, 0.05) is 50.6 Å². The van der Waals surface area contributed by atoms with Gasteiger partial charge in [-0.15, -0.1) is 0 Å². The van der Waals surface area contributed by atoms with Crippen LogP contribution >= 0.6 is 0 Å². The van der Waals surface area contributed by atoms with Gasteiger partial charge >= 0.3 is 5.97 Å². The number of nitrogens with zero attached hydrogens (tertiary/aromatic N) is 5. The average molecular weight is 339 g/mol. The molecule has 0 bridgehead atoms. The van der Waals surface area contributed by atoms with Gasteiger partial charge in [0.2, 0.25) is 0 Å². The molecule has 2 aromatic heterocycles. The van der Waals surface area contributed by atoms with Gasteiger partial charge in [0.1, 0.15) is 11.3 Å². The van der Waals surface area contributed by atoms with Gasteiger partial charge < -0.3 is 14.9 Å². The summed E-state index contributed by atoms with van der Waals surface area (Å²) in [7, 11) is 0. The normalized spacial score (nSPS) is 30.3. The lowest BCUT2D eigenvalue weighted by Crippen LogP contribution is -2.46. The van der Waals surface area contributed by atoms with Gasteiger partial charge in [-0.25, -0.2) is 9.97 Å². The molecule has 4 heterocycles. The van der Waals surface area contributed by atoms with E-state index in [1.807, 2.05) is 6.07 Å². The Balaban J connectivity index is 1.44. The van der Waals surface area contributed by atoms with Crippen molar-refractivity contribution in [3.63, 3.8) is 0 Å². The Bertz CT molecular complexity index is 844. The van der Waals surface area contributed by atoms with Crippen molar-refractivity contribution in [3.8, 4) is 0 Å². The van der Waals surface area contributed by atoms with E-state index < -0.39 is 5.97 Å². The van der Waals surface area contributed by atoms with Gasteiger partial charge in [0.05, 0.1) is 5.52 Å². The molecule has 130 valence electrons. The van der Waals surface area contributed by atoms with Crippen molar-refractivity contribution in [2.24, 2.45) is 17.8 Å². The highest BCUT2D eigenvalue weighted by Crippen LogP contribution is 2.54. The molecule has 1 N–H and O–H groups in total. The predicted molar refractivity (Wildman–Crippen MR) is 93.7 cm³/mol. The number of carboxylic acid groups (broad SMARTS) is 1. The van der Waals surface area contributed by atoms with Gasteiger partial charge in [0.25, 0.3) is 0 Å². The number of pyridine rings is 1. The Labute approximate surface area is 145 Å². The third-order valence-electron chi connectivity index (χ3n) is 6.12. The second-order valence-electron chi connectivity index (χ2n) is 7.55. The molecule has 3 fully saturated rings. The van der Waals surface area contributed by atoms with E-state index in [2.05, 4.69) is 26.7 Å². The zero-order valence-electron chi connectivity index (χ0n) is 14.2. The molecule has 2 saturated heterocycles. The highest BCUT2D eigenvalue weighted by Gasteiger charge is 2.56. The Hall–Kier alpha value is -2.44. The summed E-state index contributed by atoms with van der Waals surface area (Å²) in [5.41, 5.74) is 1.75. The van der Waals surface area contributed by atoms with Gasteiger partial charge in [-0.3, -0.25) is 9.78 Å². The van der Waals surface area contributed by atoms with Crippen LogP contribution in [0.1, 0.15) is 19.8 Å². The highest BCUT2D eigenvalue weighted by molar-refractivity contribution is 5.88. The van der Waals surface area contributed by atoms with Gasteiger partial charge in [-0.1, -0.05) is 0 Å². The summed E-state index contributed by atoms with van der Waals surface area (Å²) in [6, 6.07) is 2.51. The van der Waals surface area contributed by atoms with Crippen LogP contribution in [-0.4, -0.2) is 51.7 Å². The lowest BCUT2D eigenvalue weighted by atomic mass is 10.1. The molecule has 0 aromatic carbocycles. The van der Waals surface area contributed by atoms with Crippen LogP contribution in [-0.2, 0) is 4.79 Å². The molecular formula is C18H21N5O2. The molecule has 7 nitrogen and oxygen atoms in total. The van der Waals surface area contributed by atoms with Crippen LogP contribution in [0, 0.1) is 17.8 Å². The maximum absolute atomic E-state index is 10.9. The van der Waals surface area contributed by atoms with E-state index in [0.29, 0.717) is 30.2 Å². The fourth-order valence-electron chi connectivity index (χ4n) is 4.48. The molecule has 3 aliphatic rings. The third-order valence-corrected chi connectivity index (χ3v) is 6.12. The minimum absolute atomic E-state index is 0.302. The number of hydrogen-bond donors (Lipinski definition) is 1. The quantitative estimate of drug-likeness (QED) is 0.909. The van der Waals surface area contributed by atoms with E-state index in [4.69, 9.17) is 10.1 Å². The molecule has 1 aliphatic carbocycles. The molecule has 7 heteroatoms. The first-order valence-corrected chi connectivity index (χ1v) is 8.97. The fourth-order valence-corrected chi connectivity index (χ4v) is 4.48. The molecule has 1 saturated carbocycles. The number of aromatic nitrogens is 3. The lowest BCUT2D eigenvalue weighted by Gasteiger charge is -2.40. The fraction of sp³-hybridized carbons (Fsp3) is 0.556. The van der Waals surface area contributed by atoms with Gasteiger partial charge in [0.15, 0.2) is 5.82 Å². The van der Waals surface area contributed by atoms with Crippen molar-refractivity contribution in [2.45, 2.75) is 25.8 Å². The molecule has 4 atom stereocenters. The van der Waals surface area contributed by atoms with Crippen molar-refractivity contribution >= 4 is 28.6 Å². The topological polar surface area (TPSA) is 82.5 Å². The zero-order valence-corrected chi connectivity index (χ0v) is 14.2. The van der Waals surface area contributed by atoms with E-state index >= 15 is 0 Å². The minimum atomic E-state index is -0.681. The van der Waals surface area contributed by atoms with Crippen molar-refractivity contribution in [2.75, 3.05) is 29.4 Å². The van der Waals surface area contributed by atoms with E-state index in [1.165, 1.54) is 6.42 Å². The van der Waals surface area contributed by atoms with E-state index in [0.717, 1.165) is 42.3 Å². The molecule has 0 spiro atoms. The number of aliphatic carboxylic acids is 1. The molecule has 5 rings (SSSR count). The van der Waals surface area contributed by atoms with E-state index in [-0.39, 0.29) is 0 Å². The lowest BCUT2D eigenvalue weighted by molar-refractivity contribution is -0.137. The first-order chi connectivity index (χ1) is 12.1.